The molecule has 4 nitrogen and oxygen atoms in total. The van der Waals surface area contributed by atoms with E-state index in [2.05, 4.69) is 5.32 Å². The molecule has 1 aliphatic carbocycles. The van der Waals surface area contributed by atoms with Gasteiger partial charge in [0.1, 0.15) is 10.8 Å². The number of fused-ring (bicyclic) bond motifs is 1. The molecule has 0 spiro atoms. The normalized spacial score (nSPS) is 13.1. The Balaban J connectivity index is 1.51. The Morgan fingerprint density at radius 3 is 2.48 bits per heavy atom. The number of likely N-dealkylation sites (N-methyl/N-ethyl adjacent to an activating group) is 1. The van der Waals surface area contributed by atoms with Gasteiger partial charge in [-0.2, -0.15) is 0 Å². The van der Waals surface area contributed by atoms with E-state index in [4.69, 9.17) is 0 Å². The maximum Gasteiger partial charge on any atom is 0.239 e. The number of ketones is 1. The molecule has 0 bridgehead atoms. The highest BCUT2D eigenvalue weighted by molar-refractivity contribution is 7.17. The molecular formula is C25H25FN2O2S. The Morgan fingerprint density at radius 2 is 1.74 bits per heavy atom. The third kappa shape index (κ3) is 5.09. The van der Waals surface area contributed by atoms with Gasteiger partial charge < -0.3 is 5.32 Å². The number of hydrogen-bond donors (Lipinski definition) is 1. The lowest BCUT2D eigenvalue weighted by molar-refractivity contribution is -0.117. The Hall–Kier alpha value is -2.83. The lowest BCUT2D eigenvalue weighted by Gasteiger charge is -2.16. The number of aryl methyl sites for hydroxylation is 1. The van der Waals surface area contributed by atoms with Crippen molar-refractivity contribution in [2.24, 2.45) is 0 Å². The molecule has 1 aromatic heterocycles. The van der Waals surface area contributed by atoms with Crippen LogP contribution in [-0.4, -0.2) is 30.2 Å². The summed E-state index contributed by atoms with van der Waals surface area (Å²) in [7, 11) is 1.85. The fraction of sp³-hybridized carbons (Fsp3) is 0.280. The van der Waals surface area contributed by atoms with Crippen molar-refractivity contribution in [3.63, 3.8) is 0 Å². The summed E-state index contributed by atoms with van der Waals surface area (Å²) >= 11 is 1.53. The van der Waals surface area contributed by atoms with Gasteiger partial charge in [0.2, 0.25) is 5.91 Å². The van der Waals surface area contributed by atoms with Crippen molar-refractivity contribution in [2.75, 3.05) is 18.9 Å². The second-order valence-corrected chi connectivity index (χ2v) is 9.06. The highest BCUT2D eigenvalue weighted by atomic mass is 32.1. The van der Waals surface area contributed by atoms with Crippen molar-refractivity contribution in [3.8, 4) is 0 Å². The molecule has 0 saturated heterocycles. The van der Waals surface area contributed by atoms with Crippen LogP contribution in [0.2, 0.25) is 0 Å². The smallest absolute Gasteiger partial charge is 0.239 e. The number of carbonyl (C=O) groups excluding carboxylic acids is 2. The molecule has 0 radical (unpaired) electrons. The summed E-state index contributed by atoms with van der Waals surface area (Å²) in [6.45, 7) is 0.712. The van der Waals surface area contributed by atoms with Gasteiger partial charge in [-0.25, -0.2) is 4.39 Å². The van der Waals surface area contributed by atoms with Crippen LogP contribution < -0.4 is 5.32 Å². The maximum atomic E-state index is 13.3. The molecule has 0 atom stereocenters. The zero-order valence-corrected chi connectivity index (χ0v) is 18.3. The minimum absolute atomic E-state index is 0.0324. The Kier molecular flexibility index (Phi) is 6.59. The first-order chi connectivity index (χ1) is 15.0. The van der Waals surface area contributed by atoms with Crippen LogP contribution in [0.1, 0.15) is 44.8 Å². The van der Waals surface area contributed by atoms with E-state index in [9.17, 15) is 14.0 Å². The summed E-state index contributed by atoms with van der Waals surface area (Å²) in [5.41, 5.74) is 3.32. The monoisotopic (exact) mass is 436 g/mol. The Bertz CT molecular complexity index is 1080. The number of thiophene rings is 1. The molecule has 1 heterocycles. The van der Waals surface area contributed by atoms with E-state index in [1.807, 2.05) is 42.3 Å². The number of hydrogen-bond acceptors (Lipinski definition) is 4. The van der Waals surface area contributed by atoms with Crippen LogP contribution in [0.15, 0.2) is 54.6 Å². The molecule has 2 aromatic carbocycles. The van der Waals surface area contributed by atoms with Crippen LogP contribution >= 0.6 is 11.3 Å². The quantitative estimate of drug-likeness (QED) is 0.526. The molecule has 4 rings (SSSR count). The van der Waals surface area contributed by atoms with Crippen molar-refractivity contribution in [3.05, 3.63) is 87.5 Å². The zero-order valence-electron chi connectivity index (χ0n) is 17.5. The molecular weight excluding hydrogens is 411 g/mol. The number of carbonyl (C=O) groups is 2. The highest BCUT2D eigenvalue weighted by Crippen LogP contribution is 2.39. The first-order valence-electron chi connectivity index (χ1n) is 10.5. The van der Waals surface area contributed by atoms with Gasteiger partial charge in [-0.05, 0) is 56.0 Å². The van der Waals surface area contributed by atoms with Crippen molar-refractivity contribution in [2.45, 2.75) is 32.2 Å². The topological polar surface area (TPSA) is 49.4 Å². The van der Waals surface area contributed by atoms with Crippen LogP contribution in [0.5, 0.6) is 0 Å². The van der Waals surface area contributed by atoms with Gasteiger partial charge in [-0.3, -0.25) is 14.5 Å². The summed E-state index contributed by atoms with van der Waals surface area (Å²) in [5, 5.41) is 3.65. The molecule has 1 N–H and O–H groups in total. The van der Waals surface area contributed by atoms with E-state index >= 15 is 0 Å². The summed E-state index contributed by atoms with van der Waals surface area (Å²) in [5.74, 6) is -0.471. The van der Waals surface area contributed by atoms with Crippen LogP contribution in [0.3, 0.4) is 0 Å². The first kappa shape index (κ1) is 21.4. The molecule has 1 aliphatic rings. The van der Waals surface area contributed by atoms with Crippen molar-refractivity contribution in [1.29, 1.82) is 0 Å². The number of nitrogens with zero attached hydrogens (tertiary/aromatic N) is 1. The maximum absolute atomic E-state index is 13.3. The number of anilines is 1. The third-order valence-corrected chi connectivity index (χ3v) is 6.67. The third-order valence-electron chi connectivity index (χ3n) is 5.47. The van der Waals surface area contributed by atoms with Gasteiger partial charge in [0, 0.05) is 17.0 Å². The van der Waals surface area contributed by atoms with Crippen molar-refractivity contribution < 1.29 is 14.0 Å². The molecule has 1 amide bonds. The predicted molar refractivity (Wildman–Crippen MR) is 122 cm³/mol. The molecule has 0 unspecified atom stereocenters. The average molecular weight is 437 g/mol. The Labute approximate surface area is 185 Å². The van der Waals surface area contributed by atoms with Gasteiger partial charge in [-0.1, -0.05) is 42.5 Å². The van der Waals surface area contributed by atoms with Crippen molar-refractivity contribution in [1.82, 2.24) is 4.90 Å². The SMILES string of the molecule is CN(CC(=O)Nc1sc2c(c1C(=O)c1ccccc1)CCCC2)Cc1ccc(F)cc1. The Morgan fingerprint density at radius 1 is 1.03 bits per heavy atom. The first-order valence-corrected chi connectivity index (χ1v) is 11.3. The number of amides is 1. The summed E-state index contributed by atoms with van der Waals surface area (Å²) in [4.78, 5) is 29.1. The van der Waals surface area contributed by atoms with E-state index < -0.39 is 0 Å². The van der Waals surface area contributed by atoms with Crippen LogP contribution in [-0.2, 0) is 24.2 Å². The summed E-state index contributed by atoms with van der Waals surface area (Å²) in [6.07, 6.45) is 4.00. The fourth-order valence-corrected chi connectivity index (χ4v) is 5.30. The number of rotatable bonds is 7. The molecule has 31 heavy (non-hydrogen) atoms. The molecule has 0 fully saturated rings. The predicted octanol–water partition coefficient (Wildman–Crippen LogP) is 5.07. The standard InChI is InChI=1S/C25H25FN2O2S/c1-28(15-17-11-13-19(26)14-12-17)16-22(29)27-25-23(20-9-5-6-10-21(20)31-25)24(30)18-7-3-2-4-8-18/h2-4,7-8,11-14H,5-6,9-10,15-16H2,1H3,(H,27,29). The summed E-state index contributed by atoms with van der Waals surface area (Å²) in [6, 6.07) is 15.5. The van der Waals surface area contributed by atoms with Crippen molar-refractivity contribution >= 4 is 28.0 Å². The largest absolute Gasteiger partial charge is 0.316 e. The minimum atomic E-state index is -0.276. The zero-order chi connectivity index (χ0) is 21.8. The number of nitrogens with one attached hydrogen (secondary N) is 1. The van der Waals surface area contributed by atoms with Gasteiger partial charge in [0.05, 0.1) is 12.1 Å². The molecule has 6 heteroatoms. The molecule has 160 valence electrons. The van der Waals surface area contributed by atoms with Crippen LogP contribution in [0, 0.1) is 5.82 Å². The molecule has 0 saturated carbocycles. The second kappa shape index (κ2) is 9.54. The van der Waals surface area contributed by atoms with E-state index in [1.165, 1.54) is 28.3 Å². The number of benzene rings is 2. The van der Waals surface area contributed by atoms with E-state index in [1.54, 1.807) is 12.1 Å². The lowest BCUT2D eigenvalue weighted by atomic mass is 9.92. The minimum Gasteiger partial charge on any atom is -0.316 e. The molecule has 0 aliphatic heterocycles. The summed E-state index contributed by atoms with van der Waals surface area (Å²) < 4.78 is 13.1. The molecule has 3 aromatic rings. The average Bonchev–Trinajstić information content (AvgIpc) is 3.13. The van der Waals surface area contributed by atoms with Gasteiger partial charge in [-0.15, -0.1) is 11.3 Å². The van der Waals surface area contributed by atoms with E-state index in [0.29, 0.717) is 22.7 Å². The van der Waals surface area contributed by atoms with E-state index in [0.717, 1.165) is 36.8 Å². The lowest BCUT2D eigenvalue weighted by Crippen LogP contribution is -2.30. The van der Waals surface area contributed by atoms with Gasteiger partial charge >= 0.3 is 0 Å². The second-order valence-electron chi connectivity index (χ2n) is 7.96. The number of halogens is 1. The fourth-order valence-electron chi connectivity index (χ4n) is 4.00. The van der Waals surface area contributed by atoms with Gasteiger partial charge in [0.25, 0.3) is 0 Å². The van der Waals surface area contributed by atoms with Crippen LogP contribution in [0.4, 0.5) is 9.39 Å². The van der Waals surface area contributed by atoms with Gasteiger partial charge in [0.15, 0.2) is 5.78 Å². The van der Waals surface area contributed by atoms with Crippen LogP contribution in [0.25, 0.3) is 0 Å². The van der Waals surface area contributed by atoms with E-state index in [-0.39, 0.29) is 24.1 Å². The highest BCUT2D eigenvalue weighted by Gasteiger charge is 2.27.